The maximum atomic E-state index is 12.8. The number of methoxy groups -OCH3 is 1. The van der Waals surface area contributed by atoms with E-state index in [0.717, 1.165) is 5.56 Å². The van der Waals surface area contributed by atoms with Gasteiger partial charge >= 0.3 is 14.1 Å². The van der Waals surface area contributed by atoms with Gasteiger partial charge in [-0.05, 0) is 41.0 Å². The van der Waals surface area contributed by atoms with Gasteiger partial charge in [0.2, 0.25) is 0 Å². The predicted molar refractivity (Wildman–Crippen MR) is 119 cm³/mol. The molecule has 1 atom stereocenters. The minimum absolute atomic E-state index is 0.0701. The lowest BCUT2D eigenvalue weighted by atomic mass is 9.90. The van der Waals surface area contributed by atoms with Crippen molar-refractivity contribution in [1.29, 1.82) is 0 Å². The third-order valence-corrected chi connectivity index (χ3v) is 6.58. The molecule has 0 bridgehead atoms. The number of nitrogens with zero attached hydrogens (tertiary/aromatic N) is 2. The molecule has 34 heavy (non-hydrogen) atoms. The summed E-state index contributed by atoms with van der Waals surface area (Å²) in [5.74, 6) is 0.0553. The Morgan fingerprint density at radius 3 is 2.53 bits per heavy atom. The molecule has 0 saturated carbocycles. The number of fused-ring (bicyclic) bond motifs is 1. The normalized spacial score (nSPS) is 17.4. The molecule has 1 unspecified atom stereocenters. The summed E-state index contributed by atoms with van der Waals surface area (Å²) in [6.45, 7) is 3.96. The van der Waals surface area contributed by atoms with Crippen molar-refractivity contribution >= 4 is 13.6 Å². The highest BCUT2D eigenvalue weighted by Gasteiger charge is 2.34. The first-order valence-corrected chi connectivity index (χ1v) is 11.5. The SMILES string of the molecule is C=CC1c2cc(OC)c(O)cc2C/C(=N/P(=O)(OC)OC)N1Cc1cccc(OC(F)(F)F)c1. The van der Waals surface area contributed by atoms with E-state index in [9.17, 15) is 22.8 Å². The van der Waals surface area contributed by atoms with Gasteiger partial charge in [0, 0.05) is 27.2 Å². The highest BCUT2D eigenvalue weighted by atomic mass is 31.2. The molecule has 8 nitrogen and oxygen atoms in total. The Bertz CT molecular complexity index is 1130. The predicted octanol–water partition coefficient (Wildman–Crippen LogP) is 5.38. The molecule has 12 heteroatoms. The van der Waals surface area contributed by atoms with E-state index in [1.807, 2.05) is 0 Å². The molecule has 184 valence electrons. The van der Waals surface area contributed by atoms with Crippen molar-refractivity contribution in [3.63, 3.8) is 0 Å². The van der Waals surface area contributed by atoms with E-state index in [0.29, 0.717) is 11.1 Å². The summed E-state index contributed by atoms with van der Waals surface area (Å²) < 4.78 is 74.2. The second kappa shape index (κ2) is 10.1. The molecule has 2 aromatic rings. The van der Waals surface area contributed by atoms with Crippen LogP contribution >= 0.6 is 7.75 Å². The fourth-order valence-corrected chi connectivity index (χ4v) is 4.47. The molecule has 0 amide bonds. The monoisotopic (exact) mass is 500 g/mol. The van der Waals surface area contributed by atoms with Gasteiger partial charge in [0.05, 0.1) is 13.2 Å². The number of phenols is 1. The van der Waals surface area contributed by atoms with Crippen LogP contribution in [0.2, 0.25) is 0 Å². The summed E-state index contributed by atoms with van der Waals surface area (Å²) >= 11 is 0. The first kappa shape index (κ1) is 25.6. The molecular formula is C22H24F3N2O6P. The van der Waals surface area contributed by atoms with Crippen LogP contribution in [0.4, 0.5) is 13.2 Å². The minimum Gasteiger partial charge on any atom is -0.504 e. The molecule has 1 aliphatic heterocycles. The molecule has 0 aromatic heterocycles. The van der Waals surface area contributed by atoms with Gasteiger partial charge in [0.15, 0.2) is 11.5 Å². The Morgan fingerprint density at radius 1 is 1.24 bits per heavy atom. The number of hydrogen-bond acceptors (Lipinski definition) is 6. The van der Waals surface area contributed by atoms with Gasteiger partial charge < -0.3 is 19.5 Å². The van der Waals surface area contributed by atoms with Gasteiger partial charge in [0.25, 0.3) is 0 Å². The Balaban J connectivity index is 2.10. The van der Waals surface area contributed by atoms with Gasteiger partial charge in [0.1, 0.15) is 11.6 Å². The average Bonchev–Trinajstić information content (AvgIpc) is 2.78. The number of amidine groups is 1. The van der Waals surface area contributed by atoms with Crippen molar-refractivity contribution in [2.24, 2.45) is 4.76 Å². The third-order valence-electron chi connectivity index (χ3n) is 5.18. The second-order valence-corrected chi connectivity index (χ2v) is 9.12. The lowest BCUT2D eigenvalue weighted by Gasteiger charge is -2.39. The molecule has 0 aliphatic carbocycles. The number of benzene rings is 2. The Morgan fingerprint density at radius 2 is 1.94 bits per heavy atom. The molecule has 0 spiro atoms. The van der Waals surface area contributed by atoms with Crippen LogP contribution in [-0.4, -0.2) is 43.5 Å². The maximum Gasteiger partial charge on any atom is 0.573 e. The van der Waals surface area contributed by atoms with Crippen molar-refractivity contribution in [2.75, 3.05) is 21.3 Å². The number of rotatable bonds is 8. The molecule has 0 fully saturated rings. The van der Waals surface area contributed by atoms with Crippen molar-refractivity contribution in [1.82, 2.24) is 4.90 Å². The highest BCUT2D eigenvalue weighted by Crippen LogP contribution is 2.50. The number of aromatic hydroxyl groups is 1. The third kappa shape index (κ3) is 5.72. The van der Waals surface area contributed by atoms with Crippen LogP contribution in [-0.2, 0) is 26.6 Å². The molecular weight excluding hydrogens is 476 g/mol. The second-order valence-electron chi connectivity index (χ2n) is 7.25. The quantitative estimate of drug-likeness (QED) is 0.384. The van der Waals surface area contributed by atoms with Gasteiger partial charge in [-0.3, -0.25) is 9.05 Å². The number of phenolic OH excluding ortho intramolecular Hbond substituents is 1. The fourth-order valence-electron chi connectivity index (χ4n) is 3.69. The number of alkyl halides is 3. The molecule has 1 heterocycles. The molecule has 2 aromatic carbocycles. The average molecular weight is 500 g/mol. The summed E-state index contributed by atoms with van der Waals surface area (Å²) in [6.07, 6.45) is -3.10. The van der Waals surface area contributed by atoms with Crippen LogP contribution in [0.3, 0.4) is 0 Å². The molecule has 1 N–H and O–H groups in total. The van der Waals surface area contributed by atoms with E-state index in [4.69, 9.17) is 13.8 Å². The summed E-state index contributed by atoms with van der Waals surface area (Å²) in [6, 6.07) is 8.12. The zero-order valence-corrected chi connectivity index (χ0v) is 19.6. The Labute approximate surface area is 194 Å². The van der Waals surface area contributed by atoms with Crippen LogP contribution in [0.15, 0.2) is 53.8 Å². The summed E-state index contributed by atoms with van der Waals surface area (Å²) in [4.78, 5) is 1.71. The van der Waals surface area contributed by atoms with Crippen LogP contribution in [0.1, 0.15) is 22.7 Å². The zero-order chi connectivity index (χ0) is 25.1. The topological polar surface area (TPSA) is 89.8 Å². The highest BCUT2D eigenvalue weighted by molar-refractivity contribution is 7.52. The van der Waals surface area contributed by atoms with Gasteiger partial charge in [-0.15, -0.1) is 19.8 Å². The summed E-state index contributed by atoms with van der Waals surface area (Å²) in [7, 11) is -0.0606. The van der Waals surface area contributed by atoms with Crippen LogP contribution in [0.25, 0.3) is 0 Å². The molecule has 3 rings (SSSR count). The van der Waals surface area contributed by atoms with Crippen molar-refractivity contribution < 1.29 is 41.4 Å². The van der Waals surface area contributed by atoms with Crippen molar-refractivity contribution in [2.45, 2.75) is 25.4 Å². The standard InChI is InChI=1S/C22H24F3N2O6P/c1-5-18-17-12-20(30-2)19(28)10-15(17)11-21(26-34(29,31-3)32-4)27(18)13-14-7-6-8-16(9-14)33-22(23,24)25/h5-10,12,18,28H,1,11,13H2,2-4H3/b26-21-. The first-order chi connectivity index (χ1) is 16.0. The lowest BCUT2D eigenvalue weighted by molar-refractivity contribution is -0.274. The van der Waals surface area contributed by atoms with E-state index in [2.05, 4.69) is 16.1 Å². The van der Waals surface area contributed by atoms with E-state index >= 15 is 0 Å². The van der Waals surface area contributed by atoms with Crippen LogP contribution in [0, 0.1) is 0 Å². The summed E-state index contributed by atoms with van der Waals surface area (Å²) in [5, 5.41) is 10.2. The largest absolute Gasteiger partial charge is 0.573 e. The summed E-state index contributed by atoms with van der Waals surface area (Å²) in [5.41, 5.74) is 1.88. The number of halogens is 3. The van der Waals surface area contributed by atoms with Crippen molar-refractivity contribution in [3.05, 3.63) is 65.7 Å². The molecule has 0 saturated heterocycles. The lowest BCUT2D eigenvalue weighted by Crippen LogP contribution is -2.39. The van der Waals surface area contributed by atoms with Crippen LogP contribution < -0.4 is 9.47 Å². The molecule has 1 aliphatic rings. The van der Waals surface area contributed by atoms with Gasteiger partial charge in [-0.25, -0.2) is 4.57 Å². The Kier molecular flexibility index (Phi) is 7.60. The number of hydrogen-bond donors (Lipinski definition) is 1. The van der Waals surface area contributed by atoms with Gasteiger partial charge in [-0.2, -0.15) is 4.76 Å². The van der Waals surface area contributed by atoms with E-state index < -0.39 is 20.2 Å². The van der Waals surface area contributed by atoms with E-state index in [-0.39, 0.29) is 36.0 Å². The molecule has 0 radical (unpaired) electrons. The van der Waals surface area contributed by atoms with Crippen LogP contribution in [0.5, 0.6) is 17.2 Å². The first-order valence-electron chi connectivity index (χ1n) is 9.96. The van der Waals surface area contributed by atoms with E-state index in [1.54, 1.807) is 23.1 Å². The zero-order valence-electron chi connectivity index (χ0n) is 18.7. The van der Waals surface area contributed by atoms with E-state index in [1.165, 1.54) is 45.6 Å². The minimum atomic E-state index is -4.83. The van der Waals surface area contributed by atoms with Crippen molar-refractivity contribution in [3.8, 4) is 17.2 Å². The Hall–Kier alpha value is -3.01. The fraction of sp³-hybridized carbons (Fsp3) is 0.318. The maximum absolute atomic E-state index is 12.8. The smallest absolute Gasteiger partial charge is 0.504 e. The van der Waals surface area contributed by atoms with Gasteiger partial charge in [-0.1, -0.05) is 18.2 Å². The number of ether oxygens (including phenoxy) is 2.